The summed E-state index contributed by atoms with van der Waals surface area (Å²) in [5.41, 5.74) is 8.05. The number of hydrogen-bond acceptors (Lipinski definition) is 3. The highest BCUT2D eigenvalue weighted by molar-refractivity contribution is 14.1. The smallest absolute Gasteiger partial charge is 0.0600 e. The first kappa shape index (κ1) is 13.7. The van der Waals surface area contributed by atoms with Crippen LogP contribution in [0.25, 0.3) is 0 Å². The van der Waals surface area contributed by atoms with E-state index in [0.717, 1.165) is 17.8 Å². The van der Waals surface area contributed by atoms with Crippen LogP contribution in [-0.2, 0) is 6.42 Å². The molecule has 4 heteroatoms. The van der Waals surface area contributed by atoms with Gasteiger partial charge in [0.2, 0.25) is 0 Å². The zero-order valence-corrected chi connectivity index (χ0v) is 13.5. The number of nitrogen functional groups attached to an aromatic ring is 1. The molecule has 1 aromatic heterocycles. The molecule has 0 spiro atoms. The third-order valence-corrected chi connectivity index (χ3v) is 4.68. The largest absolute Gasteiger partial charge is 0.397 e. The Labute approximate surface area is 126 Å². The van der Waals surface area contributed by atoms with Gasteiger partial charge >= 0.3 is 0 Å². The van der Waals surface area contributed by atoms with Crippen molar-refractivity contribution in [2.75, 3.05) is 17.7 Å². The van der Waals surface area contributed by atoms with Gasteiger partial charge in [0.05, 0.1) is 11.4 Å². The van der Waals surface area contributed by atoms with Gasteiger partial charge in [0.15, 0.2) is 0 Å². The molecule has 0 radical (unpaired) electrons. The summed E-state index contributed by atoms with van der Waals surface area (Å²) in [6, 6.07) is 10.9. The molecule has 1 aromatic carbocycles. The lowest BCUT2D eigenvalue weighted by atomic mass is 10.1. The monoisotopic (exact) mass is 372 g/mol. The molecule has 0 amide bonds. The van der Waals surface area contributed by atoms with Crippen LogP contribution in [-0.4, -0.2) is 13.1 Å². The molecule has 1 atom stereocenters. The summed E-state index contributed by atoms with van der Waals surface area (Å²) in [6.45, 7) is 2.23. The van der Waals surface area contributed by atoms with Crippen LogP contribution < -0.4 is 10.6 Å². The van der Waals surface area contributed by atoms with E-state index < -0.39 is 0 Å². The molecule has 2 rings (SSSR count). The lowest BCUT2D eigenvalue weighted by molar-refractivity contribution is 0.689. The number of anilines is 2. The minimum absolute atomic E-state index is 0.436. The van der Waals surface area contributed by atoms with Gasteiger partial charge in [-0.05, 0) is 59.2 Å². The molecule has 2 N–H and O–H groups in total. The average molecular weight is 372 g/mol. The number of nitrogens with zero attached hydrogens (tertiary/aromatic N) is 1. The Hall–Kier alpha value is -0.750. The number of rotatable bonds is 4. The molecule has 0 aliphatic rings. The van der Waals surface area contributed by atoms with Crippen LogP contribution in [0.1, 0.15) is 11.8 Å². The van der Waals surface area contributed by atoms with Crippen molar-refractivity contribution in [3.63, 3.8) is 0 Å². The van der Waals surface area contributed by atoms with Gasteiger partial charge in [0, 0.05) is 28.0 Å². The standard InChI is InChI=1S/C14H17IN2S/c1-10(8-12-4-3-7-18-12)17(2)14-6-5-11(15)9-13(14)16/h3-7,9-10H,8,16H2,1-2H3. The first-order chi connectivity index (χ1) is 8.58. The predicted octanol–water partition coefficient (Wildman–Crippen LogP) is 4.00. The highest BCUT2D eigenvalue weighted by Crippen LogP contribution is 2.26. The lowest BCUT2D eigenvalue weighted by Gasteiger charge is -2.28. The minimum Gasteiger partial charge on any atom is -0.397 e. The van der Waals surface area contributed by atoms with Crippen LogP contribution >= 0.6 is 33.9 Å². The molecule has 0 fully saturated rings. The van der Waals surface area contributed by atoms with Crippen molar-refractivity contribution < 1.29 is 0 Å². The molecule has 1 heterocycles. The zero-order valence-electron chi connectivity index (χ0n) is 10.6. The molecule has 0 aliphatic carbocycles. The topological polar surface area (TPSA) is 29.3 Å². The van der Waals surface area contributed by atoms with Crippen molar-refractivity contribution in [3.8, 4) is 0 Å². The van der Waals surface area contributed by atoms with Crippen molar-refractivity contribution in [3.05, 3.63) is 44.2 Å². The van der Waals surface area contributed by atoms with Crippen LogP contribution in [0.2, 0.25) is 0 Å². The maximum Gasteiger partial charge on any atom is 0.0600 e. The Morgan fingerprint density at radius 3 is 2.78 bits per heavy atom. The fraction of sp³-hybridized carbons (Fsp3) is 0.286. The quantitative estimate of drug-likeness (QED) is 0.649. The summed E-state index contributed by atoms with van der Waals surface area (Å²) >= 11 is 4.10. The third kappa shape index (κ3) is 3.17. The van der Waals surface area contributed by atoms with E-state index in [1.165, 1.54) is 8.45 Å². The van der Waals surface area contributed by atoms with Crippen molar-refractivity contribution in [1.29, 1.82) is 0 Å². The number of hydrogen-bond donors (Lipinski definition) is 1. The lowest BCUT2D eigenvalue weighted by Crippen LogP contribution is -2.31. The van der Waals surface area contributed by atoms with Gasteiger partial charge in [-0.3, -0.25) is 0 Å². The Bertz CT molecular complexity index is 511. The third-order valence-electron chi connectivity index (χ3n) is 3.11. The number of nitrogens with two attached hydrogens (primary N) is 1. The second kappa shape index (κ2) is 5.93. The molecular weight excluding hydrogens is 355 g/mol. The fourth-order valence-corrected chi connectivity index (χ4v) is 3.28. The second-order valence-electron chi connectivity index (χ2n) is 4.45. The van der Waals surface area contributed by atoms with Gasteiger partial charge in [0.1, 0.15) is 0 Å². The highest BCUT2D eigenvalue weighted by Gasteiger charge is 2.13. The van der Waals surface area contributed by atoms with Gasteiger partial charge in [-0.2, -0.15) is 0 Å². The summed E-state index contributed by atoms with van der Waals surface area (Å²) in [5, 5.41) is 2.13. The summed E-state index contributed by atoms with van der Waals surface area (Å²) in [6.07, 6.45) is 1.06. The summed E-state index contributed by atoms with van der Waals surface area (Å²) < 4.78 is 1.17. The second-order valence-corrected chi connectivity index (χ2v) is 6.72. The molecule has 96 valence electrons. The van der Waals surface area contributed by atoms with Crippen molar-refractivity contribution in [1.82, 2.24) is 0 Å². The van der Waals surface area contributed by atoms with Gasteiger partial charge in [-0.1, -0.05) is 6.07 Å². The predicted molar refractivity (Wildman–Crippen MR) is 89.5 cm³/mol. The van der Waals surface area contributed by atoms with Gasteiger partial charge in [-0.15, -0.1) is 11.3 Å². The van der Waals surface area contributed by atoms with Crippen molar-refractivity contribution >= 4 is 45.3 Å². The fourth-order valence-electron chi connectivity index (χ4n) is 1.94. The summed E-state index contributed by atoms with van der Waals surface area (Å²) in [5.74, 6) is 0. The average Bonchev–Trinajstić information content (AvgIpc) is 2.81. The van der Waals surface area contributed by atoms with Gasteiger partial charge < -0.3 is 10.6 Å². The summed E-state index contributed by atoms with van der Waals surface area (Å²) in [4.78, 5) is 3.67. The first-order valence-corrected chi connectivity index (χ1v) is 7.84. The van der Waals surface area contributed by atoms with E-state index in [1.807, 2.05) is 17.4 Å². The Kier molecular flexibility index (Phi) is 4.50. The van der Waals surface area contributed by atoms with Crippen LogP contribution in [0.4, 0.5) is 11.4 Å². The van der Waals surface area contributed by atoms with Gasteiger partial charge in [0.25, 0.3) is 0 Å². The molecule has 1 unspecified atom stereocenters. The van der Waals surface area contributed by atoms with Crippen LogP contribution in [0.5, 0.6) is 0 Å². The molecule has 0 bridgehead atoms. The Morgan fingerprint density at radius 2 is 2.17 bits per heavy atom. The molecule has 0 saturated heterocycles. The maximum atomic E-state index is 6.09. The molecule has 0 saturated carbocycles. The summed E-state index contributed by atoms with van der Waals surface area (Å²) in [7, 11) is 2.11. The number of thiophene rings is 1. The molecule has 18 heavy (non-hydrogen) atoms. The normalized spacial score (nSPS) is 12.4. The van der Waals surface area contributed by atoms with E-state index in [4.69, 9.17) is 5.73 Å². The van der Waals surface area contributed by atoms with Gasteiger partial charge in [-0.25, -0.2) is 0 Å². The van der Waals surface area contributed by atoms with E-state index in [1.54, 1.807) is 0 Å². The van der Waals surface area contributed by atoms with E-state index in [0.29, 0.717) is 6.04 Å². The maximum absolute atomic E-state index is 6.09. The Balaban J connectivity index is 2.12. The molecular formula is C14H17IN2S. The zero-order chi connectivity index (χ0) is 13.1. The van der Waals surface area contributed by atoms with E-state index >= 15 is 0 Å². The number of likely N-dealkylation sites (N-methyl/N-ethyl adjacent to an activating group) is 1. The van der Waals surface area contributed by atoms with E-state index in [2.05, 4.69) is 71.1 Å². The highest BCUT2D eigenvalue weighted by atomic mass is 127. The van der Waals surface area contributed by atoms with Crippen molar-refractivity contribution in [2.24, 2.45) is 0 Å². The number of benzene rings is 1. The van der Waals surface area contributed by atoms with Crippen LogP contribution in [0.3, 0.4) is 0 Å². The van der Waals surface area contributed by atoms with E-state index in [9.17, 15) is 0 Å². The minimum atomic E-state index is 0.436. The van der Waals surface area contributed by atoms with Crippen molar-refractivity contribution in [2.45, 2.75) is 19.4 Å². The SMILES string of the molecule is CC(Cc1cccs1)N(C)c1ccc(I)cc1N. The Morgan fingerprint density at radius 1 is 1.39 bits per heavy atom. The van der Waals surface area contributed by atoms with E-state index in [-0.39, 0.29) is 0 Å². The van der Waals surface area contributed by atoms with Crippen LogP contribution in [0, 0.1) is 3.57 Å². The molecule has 0 aliphatic heterocycles. The molecule has 2 nitrogen and oxygen atoms in total. The van der Waals surface area contributed by atoms with Crippen LogP contribution in [0.15, 0.2) is 35.7 Å². The first-order valence-electron chi connectivity index (χ1n) is 5.88. The molecule has 2 aromatic rings. The number of halogens is 1.